The number of aromatic nitrogens is 3. The molecule has 2 rings (SSSR count). The van der Waals surface area contributed by atoms with Crippen LogP contribution in [0.3, 0.4) is 0 Å². The number of nitrogens with zero attached hydrogens (tertiary/aromatic N) is 2. The molecule has 0 fully saturated rings. The van der Waals surface area contributed by atoms with Crippen LogP contribution in [0.4, 0.5) is 0 Å². The Bertz CT molecular complexity index is 589. The molecular weight excluding hydrogens is 314 g/mol. The molecular formula is C20H37N3O2. The van der Waals surface area contributed by atoms with E-state index in [9.17, 15) is 9.90 Å². The zero-order chi connectivity index (χ0) is 19.7. The summed E-state index contributed by atoms with van der Waals surface area (Å²) in [6.45, 7) is 14.7. The second-order valence-electron chi connectivity index (χ2n) is 4.62. The number of aryl methyl sites for hydroxylation is 2. The minimum atomic E-state index is -0.130. The Morgan fingerprint density at radius 1 is 1.08 bits per heavy atom. The second-order valence-corrected chi connectivity index (χ2v) is 4.62. The molecule has 0 amide bonds. The lowest BCUT2D eigenvalue weighted by Gasteiger charge is -2.04. The van der Waals surface area contributed by atoms with Crippen LogP contribution in [0.2, 0.25) is 0 Å². The van der Waals surface area contributed by atoms with Crippen LogP contribution >= 0.6 is 0 Å². The molecule has 0 bridgehead atoms. The fourth-order valence-electron chi connectivity index (χ4n) is 2.16. The van der Waals surface area contributed by atoms with Crippen LogP contribution in [-0.4, -0.2) is 19.9 Å². The van der Waals surface area contributed by atoms with E-state index in [1.807, 2.05) is 60.6 Å². The first-order valence-electron chi connectivity index (χ1n) is 9.62. The summed E-state index contributed by atoms with van der Waals surface area (Å²) in [5.74, 6) is 1.10. The van der Waals surface area contributed by atoms with Gasteiger partial charge >= 0.3 is 5.69 Å². The largest absolute Gasteiger partial charge is 0.508 e. The topological polar surface area (TPSA) is 70.9 Å². The van der Waals surface area contributed by atoms with Crippen molar-refractivity contribution in [2.24, 2.45) is 0 Å². The maximum atomic E-state index is 11.5. The van der Waals surface area contributed by atoms with Gasteiger partial charge in [-0.1, -0.05) is 60.6 Å². The summed E-state index contributed by atoms with van der Waals surface area (Å²) in [6.07, 6.45) is 3.44. The van der Waals surface area contributed by atoms with Crippen molar-refractivity contribution in [2.75, 3.05) is 0 Å². The number of nitrogens with one attached hydrogen (secondary N) is 1. The van der Waals surface area contributed by atoms with Crippen LogP contribution in [0.25, 0.3) is 0 Å². The van der Waals surface area contributed by atoms with Crippen LogP contribution < -0.4 is 5.69 Å². The van der Waals surface area contributed by atoms with Gasteiger partial charge in [0.25, 0.3) is 0 Å². The maximum absolute atomic E-state index is 11.5. The van der Waals surface area contributed by atoms with Gasteiger partial charge in [0.1, 0.15) is 11.6 Å². The van der Waals surface area contributed by atoms with Gasteiger partial charge in [0.05, 0.1) is 0 Å². The Hall–Kier alpha value is -2.04. The summed E-state index contributed by atoms with van der Waals surface area (Å²) in [5.41, 5.74) is 0.967. The zero-order valence-corrected chi connectivity index (χ0v) is 17.1. The molecule has 25 heavy (non-hydrogen) atoms. The van der Waals surface area contributed by atoms with Crippen LogP contribution in [-0.2, 0) is 19.4 Å². The van der Waals surface area contributed by atoms with E-state index in [1.54, 1.807) is 16.7 Å². The molecule has 0 aliphatic heterocycles. The molecule has 1 aromatic carbocycles. The van der Waals surface area contributed by atoms with Crippen molar-refractivity contribution in [2.45, 2.75) is 80.7 Å². The number of hydrogen-bond donors (Lipinski definition) is 2. The summed E-state index contributed by atoms with van der Waals surface area (Å²) in [6, 6.07) is 7.26. The highest BCUT2D eigenvalue weighted by Gasteiger charge is 2.07. The smallest absolute Gasteiger partial charge is 0.343 e. The molecule has 0 atom stereocenters. The third-order valence-corrected chi connectivity index (χ3v) is 3.06. The first-order chi connectivity index (χ1) is 12.2. The van der Waals surface area contributed by atoms with Crippen LogP contribution in [0, 0.1) is 0 Å². The van der Waals surface area contributed by atoms with E-state index in [0.717, 1.165) is 37.1 Å². The summed E-state index contributed by atoms with van der Waals surface area (Å²) >= 11 is 0. The summed E-state index contributed by atoms with van der Waals surface area (Å²) in [5, 5.41) is 15.9. The molecule has 0 radical (unpaired) electrons. The first-order valence-corrected chi connectivity index (χ1v) is 9.62. The van der Waals surface area contributed by atoms with E-state index < -0.39 is 0 Å². The van der Waals surface area contributed by atoms with Gasteiger partial charge < -0.3 is 5.11 Å². The Labute approximate surface area is 153 Å². The van der Waals surface area contributed by atoms with Gasteiger partial charge in [0.15, 0.2) is 0 Å². The molecule has 0 saturated heterocycles. The van der Waals surface area contributed by atoms with E-state index in [1.165, 1.54) is 0 Å². The van der Waals surface area contributed by atoms with E-state index in [0.29, 0.717) is 12.3 Å². The Balaban J connectivity index is 0. The molecule has 2 aromatic rings. The normalized spacial score (nSPS) is 8.92. The highest BCUT2D eigenvalue weighted by atomic mass is 16.3. The lowest BCUT2D eigenvalue weighted by atomic mass is 10.1. The van der Waals surface area contributed by atoms with Crippen molar-refractivity contribution in [3.05, 3.63) is 46.1 Å². The van der Waals surface area contributed by atoms with E-state index >= 15 is 0 Å². The van der Waals surface area contributed by atoms with Gasteiger partial charge in [-0.05, 0) is 37.0 Å². The molecule has 5 nitrogen and oxygen atoms in total. The number of aromatic amines is 1. The molecule has 1 heterocycles. The predicted molar refractivity (Wildman–Crippen MR) is 107 cm³/mol. The summed E-state index contributed by atoms with van der Waals surface area (Å²) < 4.78 is 1.70. The average Bonchev–Trinajstić information content (AvgIpc) is 3.01. The third-order valence-electron chi connectivity index (χ3n) is 3.06. The van der Waals surface area contributed by atoms with E-state index in [4.69, 9.17) is 0 Å². The monoisotopic (exact) mass is 351 g/mol. The SMILES string of the molecule is CC.CC.CC.CCCn1c(CCCc2cccc(O)c2)n[nH]c1=O. The molecule has 5 heteroatoms. The van der Waals surface area contributed by atoms with Crippen LogP contribution in [0.1, 0.15) is 72.7 Å². The van der Waals surface area contributed by atoms with Gasteiger partial charge in [0, 0.05) is 13.0 Å². The Kier molecular flexibility index (Phi) is 16.9. The minimum Gasteiger partial charge on any atom is -0.508 e. The van der Waals surface area contributed by atoms with Crippen LogP contribution in [0.5, 0.6) is 5.75 Å². The van der Waals surface area contributed by atoms with Crippen molar-refractivity contribution < 1.29 is 5.11 Å². The number of aromatic hydroxyl groups is 1. The molecule has 0 aliphatic rings. The fourth-order valence-corrected chi connectivity index (χ4v) is 2.16. The van der Waals surface area contributed by atoms with Gasteiger partial charge in [-0.15, -0.1) is 0 Å². The van der Waals surface area contributed by atoms with E-state index in [-0.39, 0.29) is 5.69 Å². The van der Waals surface area contributed by atoms with E-state index in [2.05, 4.69) is 10.2 Å². The molecule has 144 valence electrons. The lowest BCUT2D eigenvalue weighted by molar-refractivity contribution is 0.474. The predicted octanol–water partition coefficient (Wildman–Crippen LogP) is 4.94. The number of phenolic OH excluding ortho intramolecular Hbond substituents is 1. The molecule has 0 aliphatic carbocycles. The van der Waals surface area contributed by atoms with Gasteiger partial charge in [-0.25, -0.2) is 9.89 Å². The Morgan fingerprint density at radius 3 is 2.28 bits per heavy atom. The third kappa shape index (κ3) is 9.75. The van der Waals surface area contributed by atoms with Gasteiger partial charge in [0.2, 0.25) is 0 Å². The molecule has 0 spiro atoms. The first kappa shape index (κ1) is 25.2. The lowest BCUT2D eigenvalue weighted by Crippen LogP contribution is -2.18. The zero-order valence-electron chi connectivity index (χ0n) is 17.1. The number of H-pyrrole nitrogens is 1. The molecule has 1 aromatic heterocycles. The summed E-state index contributed by atoms with van der Waals surface area (Å²) in [7, 11) is 0. The average molecular weight is 352 g/mol. The van der Waals surface area contributed by atoms with Crippen molar-refractivity contribution in [1.29, 1.82) is 0 Å². The summed E-state index contributed by atoms with van der Waals surface area (Å²) in [4.78, 5) is 11.5. The molecule has 0 saturated carbocycles. The van der Waals surface area contributed by atoms with Crippen molar-refractivity contribution in [3.8, 4) is 5.75 Å². The Morgan fingerprint density at radius 2 is 1.72 bits per heavy atom. The fraction of sp³-hybridized carbons (Fsp3) is 0.600. The molecule has 2 N–H and O–H groups in total. The number of phenols is 1. The number of benzene rings is 1. The highest BCUT2D eigenvalue weighted by molar-refractivity contribution is 5.27. The molecule has 0 unspecified atom stereocenters. The van der Waals surface area contributed by atoms with Crippen LogP contribution in [0.15, 0.2) is 29.1 Å². The van der Waals surface area contributed by atoms with Crippen molar-refractivity contribution in [1.82, 2.24) is 14.8 Å². The standard InChI is InChI=1S/C14H19N3O2.3C2H6/c1-2-9-17-13(15-16-14(17)19)8-4-6-11-5-3-7-12(18)10-11;3*1-2/h3,5,7,10,18H,2,4,6,8-9H2,1H3,(H,16,19);3*1-2H3. The minimum absolute atomic E-state index is 0.130. The number of rotatable bonds is 6. The quantitative estimate of drug-likeness (QED) is 0.774. The maximum Gasteiger partial charge on any atom is 0.343 e. The van der Waals surface area contributed by atoms with Gasteiger partial charge in [-0.2, -0.15) is 5.10 Å². The highest BCUT2D eigenvalue weighted by Crippen LogP contribution is 2.13. The second kappa shape index (κ2) is 16.8. The van der Waals surface area contributed by atoms with Crippen molar-refractivity contribution >= 4 is 0 Å². The number of hydrogen-bond acceptors (Lipinski definition) is 3. The van der Waals surface area contributed by atoms with Crippen molar-refractivity contribution in [3.63, 3.8) is 0 Å². The van der Waals surface area contributed by atoms with Gasteiger partial charge in [-0.3, -0.25) is 4.57 Å².